The summed E-state index contributed by atoms with van der Waals surface area (Å²) in [6, 6.07) is 15.6. The van der Waals surface area contributed by atoms with Crippen LogP contribution in [0.25, 0.3) is 22.4 Å². The number of fused-ring (bicyclic) bond motifs is 1. The Labute approximate surface area is 179 Å². The van der Waals surface area contributed by atoms with Crippen LogP contribution in [0.3, 0.4) is 0 Å². The quantitative estimate of drug-likeness (QED) is 0.605. The van der Waals surface area contributed by atoms with E-state index in [0.29, 0.717) is 5.69 Å². The van der Waals surface area contributed by atoms with Crippen LogP contribution in [-0.2, 0) is 26.1 Å². The highest BCUT2D eigenvalue weighted by atomic mass is 16.5. The van der Waals surface area contributed by atoms with Gasteiger partial charge in [0.25, 0.3) is 0 Å². The smallest absolute Gasteiger partial charge is 0.355 e. The third-order valence-corrected chi connectivity index (χ3v) is 5.06. The molecule has 31 heavy (non-hydrogen) atoms. The van der Waals surface area contributed by atoms with Gasteiger partial charge in [-0.25, -0.2) is 14.6 Å². The number of benzene rings is 2. The normalized spacial score (nSPS) is 13.5. The topological polar surface area (TPSA) is 73.7 Å². The van der Waals surface area contributed by atoms with Gasteiger partial charge in [0.1, 0.15) is 11.5 Å². The van der Waals surface area contributed by atoms with Crippen LogP contribution in [0.2, 0.25) is 0 Å². The highest BCUT2D eigenvalue weighted by molar-refractivity contribution is 6.05. The van der Waals surface area contributed by atoms with Gasteiger partial charge in [0.05, 0.1) is 30.8 Å². The van der Waals surface area contributed by atoms with E-state index in [1.807, 2.05) is 60.1 Å². The Balaban J connectivity index is 1.86. The minimum atomic E-state index is -0.650. The van der Waals surface area contributed by atoms with Crippen molar-refractivity contribution >= 4 is 28.7 Å². The molecule has 3 aromatic rings. The molecule has 0 amide bonds. The molecule has 0 saturated heterocycles. The maximum absolute atomic E-state index is 12.6. The molecule has 0 bridgehead atoms. The van der Waals surface area contributed by atoms with Gasteiger partial charge in [-0.3, -0.25) is 0 Å². The molecule has 7 heteroatoms. The number of aromatic nitrogens is 2. The molecule has 156 valence electrons. The van der Waals surface area contributed by atoms with Crippen molar-refractivity contribution in [2.75, 3.05) is 19.1 Å². The lowest BCUT2D eigenvalue weighted by atomic mass is 10.1. The summed E-state index contributed by atoms with van der Waals surface area (Å²) < 4.78 is 11.8. The van der Waals surface area contributed by atoms with E-state index < -0.39 is 11.9 Å². The Morgan fingerprint density at radius 2 is 1.68 bits per heavy atom. The Morgan fingerprint density at radius 1 is 0.935 bits per heavy atom. The summed E-state index contributed by atoms with van der Waals surface area (Å²) in [6.07, 6.45) is 6.63. The number of carbonyl (C=O) groups excluding carboxylic acids is 2. The first kappa shape index (κ1) is 20.2. The lowest BCUT2D eigenvalue weighted by molar-refractivity contribution is -0.139. The minimum absolute atomic E-state index is 0.0675. The van der Waals surface area contributed by atoms with Crippen LogP contribution in [0.1, 0.15) is 0 Å². The average molecular weight is 415 g/mol. The van der Waals surface area contributed by atoms with Gasteiger partial charge in [-0.15, -0.1) is 0 Å². The first-order chi connectivity index (χ1) is 15.0. The number of ether oxygens (including phenoxy) is 2. The first-order valence-electron chi connectivity index (χ1n) is 9.62. The summed E-state index contributed by atoms with van der Waals surface area (Å²) in [6.45, 7) is 0. The molecule has 7 nitrogen and oxygen atoms in total. The molecule has 0 N–H and O–H groups in total. The van der Waals surface area contributed by atoms with Gasteiger partial charge in [-0.1, -0.05) is 36.4 Å². The van der Waals surface area contributed by atoms with Crippen molar-refractivity contribution in [1.29, 1.82) is 0 Å². The number of hydrogen-bond acceptors (Lipinski definition) is 6. The predicted molar refractivity (Wildman–Crippen MR) is 118 cm³/mol. The fourth-order valence-corrected chi connectivity index (χ4v) is 3.55. The molecule has 0 radical (unpaired) electrons. The third kappa shape index (κ3) is 3.61. The highest BCUT2D eigenvalue weighted by Crippen LogP contribution is 2.31. The van der Waals surface area contributed by atoms with Crippen LogP contribution in [0.15, 0.2) is 84.2 Å². The van der Waals surface area contributed by atoms with Crippen LogP contribution in [0, 0.1) is 0 Å². The highest BCUT2D eigenvalue weighted by Gasteiger charge is 2.27. The van der Waals surface area contributed by atoms with E-state index >= 15 is 0 Å². The second-order valence-electron chi connectivity index (χ2n) is 6.85. The number of hydrogen-bond donors (Lipinski definition) is 0. The zero-order valence-electron chi connectivity index (χ0n) is 17.4. The summed E-state index contributed by atoms with van der Waals surface area (Å²) in [4.78, 5) is 31.4. The molecule has 2 heterocycles. The number of allylic oxidation sites excluding steroid dienone is 2. The first-order valence-corrected chi connectivity index (χ1v) is 9.62. The van der Waals surface area contributed by atoms with E-state index in [-0.39, 0.29) is 11.3 Å². The predicted octanol–water partition coefficient (Wildman–Crippen LogP) is 3.73. The monoisotopic (exact) mass is 415 g/mol. The fourth-order valence-electron chi connectivity index (χ4n) is 3.55. The van der Waals surface area contributed by atoms with Crippen molar-refractivity contribution < 1.29 is 19.1 Å². The van der Waals surface area contributed by atoms with E-state index in [0.717, 1.165) is 22.4 Å². The molecule has 1 aliphatic heterocycles. The molecule has 1 aliphatic rings. The van der Waals surface area contributed by atoms with Crippen molar-refractivity contribution in [3.63, 3.8) is 0 Å². The van der Waals surface area contributed by atoms with E-state index in [1.54, 1.807) is 23.3 Å². The lowest BCUT2D eigenvalue weighted by Gasteiger charge is -2.23. The zero-order valence-corrected chi connectivity index (χ0v) is 17.4. The van der Waals surface area contributed by atoms with E-state index in [4.69, 9.17) is 14.5 Å². The van der Waals surface area contributed by atoms with Crippen LogP contribution in [0.5, 0.6) is 0 Å². The van der Waals surface area contributed by atoms with E-state index in [9.17, 15) is 9.59 Å². The molecule has 0 unspecified atom stereocenters. The molecule has 1 aromatic heterocycles. The summed E-state index contributed by atoms with van der Waals surface area (Å²) >= 11 is 0. The number of aryl methyl sites for hydroxylation is 1. The Hall–Kier alpha value is -4.13. The summed E-state index contributed by atoms with van der Waals surface area (Å²) in [7, 11) is 4.50. The molecular weight excluding hydrogens is 394 g/mol. The standard InChI is InChI=1S/C24H21N3O4/c1-26-20-13-12-17(15-19(20)25-22(26)16-9-5-4-6-10-16)27-14-8-7-11-18(23(28)30-2)21(27)24(29)31-3/h4-15H,1-3H3. The Bertz CT molecular complexity index is 1250. The van der Waals surface area contributed by atoms with Crippen molar-refractivity contribution in [2.24, 2.45) is 7.05 Å². The number of methoxy groups -OCH3 is 2. The fraction of sp³-hybridized carbons (Fsp3) is 0.125. The van der Waals surface area contributed by atoms with Gasteiger partial charge in [0.15, 0.2) is 0 Å². The molecule has 0 spiro atoms. The minimum Gasteiger partial charge on any atom is -0.465 e. The maximum Gasteiger partial charge on any atom is 0.355 e. The second-order valence-corrected chi connectivity index (χ2v) is 6.85. The van der Waals surface area contributed by atoms with E-state index in [2.05, 4.69) is 0 Å². The van der Waals surface area contributed by atoms with Gasteiger partial charge in [0.2, 0.25) is 0 Å². The number of rotatable bonds is 4. The van der Waals surface area contributed by atoms with Gasteiger partial charge in [-0.05, 0) is 30.4 Å². The maximum atomic E-state index is 12.6. The summed E-state index contributed by atoms with van der Waals surface area (Å²) in [5.41, 5.74) is 3.53. The van der Waals surface area contributed by atoms with Crippen LogP contribution < -0.4 is 4.90 Å². The van der Waals surface area contributed by atoms with Crippen molar-refractivity contribution in [3.8, 4) is 11.4 Å². The van der Waals surface area contributed by atoms with Gasteiger partial charge < -0.3 is 18.9 Å². The summed E-state index contributed by atoms with van der Waals surface area (Å²) in [5.74, 6) is -0.446. The third-order valence-electron chi connectivity index (χ3n) is 5.06. The van der Waals surface area contributed by atoms with Crippen molar-refractivity contribution in [3.05, 3.63) is 84.2 Å². The molecule has 4 rings (SSSR count). The SMILES string of the molecule is COC(=O)C1=C(C(=O)OC)N(c2ccc3c(c2)nc(-c2ccccc2)n3C)C=CC=C1. The number of imidazole rings is 1. The number of carbonyl (C=O) groups is 2. The summed E-state index contributed by atoms with van der Waals surface area (Å²) in [5, 5.41) is 0. The lowest BCUT2D eigenvalue weighted by Crippen LogP contribution is -2.26. The Kier molecular flexibility index (Phi) is 5.41. The van der Waals surface area contributed by atoms with E-state index in [1.165, 1.54) is 20.3 Å². The molecule has 0 atom stereocenters. The van der Waals surface area contributed by atoms with Crippen LogP contribution >= 0.6 is 0 Å². The molecule has 0 aliphatic carbocycles. The Morgan fingerprint density at radius 3 is 2.39 bits per heavy atom. The van der Waals surface area contributed by atoms with Crippen molar-refractivity contribution in [2.45, 2.75) is 0 Å². The van der Waals surface area contributed by atoms with Crippen molar-refractivity contribution in [1.82, 2.24) is 9.55 Å². The molecule has 0 saturated carbocycles. The zero-order chi connectivity index (χ0) is 22.0. The van der Waals surface area contributed by atoms with Crippen LogP contribution in [0.4, 0.5) is 5.69 Å². The average Bonchev–Trinajstić information content (AvgIpc) is 2.98. The van der Waals surface area contributed by atoms with Crippen LogP contribution in [-0.4, -0.2) is 35.7 Å². The number of anilines is 1. The second kappa shape index (κ2) is 8.31. The molecule has 0 fully saturated rings. The number of nitrogens with zero attached hydrogens (tertiary/aromatic N) is 3. The number of esters is 2. The van der Waals surface area contributed by atoms with Gasteiger partial charge in [-0.2, -0.15) is 0 Å². The molecule has 2 aromatic carbocycles. The largest absolute Gasteiger partial charge is 0.465 e. The van der Waals surface area contributed by atoms with Gasteiger partial charge in [0, 0.05) is 24.5 Å². The van der Waals surface area contributed by atoms with Gasteiger partial charge >= 0.3 is 11.9 Å². The molecular formula is C24H21N3O4.